The maximum atomic E-state index is 12.3. The Kier molecular flexibility index (Phi) is 5.22. The summed E-state index contributed by atoms with van der Waals surface area (Å²) in [6, 6.07) is 5.96. The predicted molar refractivity (Wildman–Crippen MR) is 124 cm³/mol. The van der Waals surface area contributed by atoms with E-state index in [1.54, 1.807) is 10.9 Å². The largest absolute Gasteiger partial charge is 0.480 e. The predicted octanol–water partition coefficient (Wildman–Crippen LogP) is 2.48. The van der Waals surface area contributed by atoms with Crippen LogP contribution in [0.1, 0.15) is 44.2 Å². The van der Waals surface area contributed by atoms with Crippen LogP contribution < -0.4 is 15.8 Å². The Morgan fingerprint density at radius 2 is 2.12 bits per heavy atom. The van der Waals surface area contributed by atoms with Crippen molar-refractivity contribution in [3.8, 4) is 17.0 Å². The van der Waals surface area contributed by atoms with E-state index >= 15 is 0 Å². The molecule has 2 aliphatic heterocycles. The van der Waals surface area contributed by atoms with Gasteiger partial charge in [0.25, 0.3) is 0 Å². The van der Waals surface area contributed by atoms with Crippen LogP contribution in [-0.2, 0) is 19.0 Å². The number of nitrogens with two attached hydrogens (primary N) is 1. The molecule has 2 amide bonds. The van der Waals surface area contributed by atoms with Crippen LogP contribution >= 0.6 is 0 Å². The lowest BCUT2D eigenvalue weighted by atomic mass is 9.82. The third-order valence-corrected chi connectivity index (χ3v) is 6.73. The summed E-state index contributed by atoms with van der Waals surface area (Å²) in [7, 11) is 1.87. The summed E-state index contributed by atoms with van der Waals surface area (Å²) < 4.78 is 9.91. The first-order chi connectivity index (χ1) is 15.9. The lowest BCUT2D eigenvalue weighted by molar-refractivity contribution is 0.206. The minimum atomic E-state index is -0.264. The fourth-order valence-corrected chi connectivity index (χ4v) is 4.92. The van der Waals surface area contributed by atoms with Gasteiger partial charge in [-0.15, -0.1) is 0 Å². The number of pyridine rings is 1. The molecule has 0 aromatic carbocycles. The molecule has 1 unspecified atom stereocenters. The molecule has 2 atom stereocenters. The van der Waals surface area contributed by atoms with Crippen LogP contribution in [0.25, 0.3) is 11.3 Å². The van der Waals surface area contributed by atoms with Crippen LogP contribution in [0.3, 0.4) is 0 Å². The van der Waals surface area contributed by atoms with Crippen LogP contribution in [0.15, 0.2) is 30.6 Å². The molecule has 3 aromatic rings. The van der Waals surface area contributed by atoms with Crippen molar-refractivity contribution in [3.05, 3.63) is 42.0 Å². The highest BCUT2D eigenvalue weighted by Gasteiger charge is 2.46. The first kappa shape index (κ1) is 21.3. The van der Waals surface area contributed by atoms with Gasteiger partial charge in [0.1, 0.15) is 11.8 Å². The highest BCUT2D eigenvalue weighted by Crippen LogP contribution is 2.44. The number of ether oxygens (including phenoxy) is 1. The number of aryl methyl sites for hydroxylation is 2. The third-order valence-electron chi connectivity index (χ3n) is 6.73. The van der Waals surface area contributed by atoms with Crippen LogP contribution in [0.5, 0.6) is 5.75 Å². The van der Waals surface area contributed by atoms with Gasteiger partial charge in [0.05, 0.1) is 5.69 Å². The van der Waals surface area contributed by atoms with Gasteiger partial charge in [-0.3, -0.25) is 9.36 Å². The lowest BCUT2D eigenvalue weighted by Gasteiger charge is -2.23. The van der Waals surface area contributed by atoms with E-state index in [1.807, 2.05) is 44.1 Å². The summed E-state index contributed by atoms with van der Waals surface area (Å²) in [4.78, 5) is 18.6. The Labute approximate surface area is 192 Å². The van der Waals surface area contributed by atoms with Gasteiger partial charge >= 0.3 is 6.03 Å². The van der Waals surface area contributed by atoms with E-state index in [2.05, 4.69) is 26.1 Å². The normalized spacial score (nSPS) is 20.3. The number of amides is 2. The maximum absolute atomic E-state index is 12.3. The second-order valence-corrected chi connectivity index (χ2v) is 8.96. The monoisotopic (exact) mass is 450 g/mol. The van der Waals surface area contributed by atoms with Crippen molar-refractivity contribution >= 4 is 11.8 Å². The number of likely N-dealkylation sites (tertiary alicyclic amines) is 1. The SMILES string of the molecule is CCNC(=O)N1CC[C@@]2(CCn3nc(-c4cnc(N)c(OC(C)c5ccn(C)n5)c4)cc32)C1. The van der Waals surface area contributed by atoms with E-state index in [0.717, 1.165) is 49.4 Å². The van der Waals surface area contributed by atoms with Gasteiger partial charge in [0, 0.05) is 62.3 Å². The number of hydrogen-bond acceptors (Lipinski definition) is 6. The molecule has 0 radical (unpaired) electrons. The zero-order chi connectivity index (χ0) is 23.2. The fourth-order valence-electron chi connectivity index (χ4n) is 4.92. The van der Waals surface area contributed by atoms with Gasteiger partial charge < -0.3 is 20.7 Å². The summed E-state index contributed by atoms with van der Waals surface area (Å²) in [6.07, 6.45) is 5.30. The number of hydrogen-bond donors (Lipinski definition) is 2. The molecule has 1 spiro atoms. The van der Waals surface area contributed by atoms with E-state index in [4.69, 9.17) is 15.6 Å². The van der Waals surface area contributed by atoms with E-state index in [0.29, 0.717) is 18.1 Å². The summed E-state index contributed by atoms with van der Waals surface area (Å²) in [5, 5.41) is 12.2. The molecule has 2 aliphatic rings. The summed E-state index contributed by atoms with van der Waals surface area (Å²) in [6.45, 7) is 6.85. The van der Waals surface area contributed by atoms with Crippen molar-refractivity contribution in [2.24, 2.45) is 7.05 Å². The molecule has 10 heteroatoms. The molecule has 0 saturated carbocycles. The number of nitrogens with one attached hydrogen (secondary N) is 1. The van der Waals surface area contributed by atoms with Gasteiger partial charge in [-0.25, -0.2) is 9.78 Å². The van der Waals surface area contributed by atoms with E-state index in [-0.39, 0.29) is 17.6 Å². The number of aromatic nitrogens is 5. The van der Waals surface area contributed by atoms with Crippen LogP contribution in [0.4, 0.5) is 10.6 Å². The number of anilines is 1. The molecule has 3 aromatic heterocycles. The number of rotatable bonds is 5. The van der Waals surface area contributed by atoms with Crippen LogP contribution in [0, 0.1) is 0 Å². The Morgan fingerprint density at radius 3 is 2.88 bits per heavy atom. The summed E-state index contributed by atoms with van der Waals surface area (Å²) >= 11 is 0. The second kappa shape index (κ2) is 8.09. The highest BCUT2D eigenvalue weighted by atomic mass is 16.5. The van der Waals surface area contributed by atoms with Crippen molar-refractivity contribution in [1.82, 2.24) is 34.8 Å². The molecule has 33 heavy (non-hydrogen) atoms. The molecular weight excluding hydrogens is 420 g/mol. The lowest BCUT2D eigenvalue weighted by Crippen LogP contribution is -2.40. The third kappa shape index (κ3) is 3.79. The van der Waals surface area contributed by atoms with Gasteiger partial charge in [-0.05, 0) is 44.9 Å². The highest BCUT2D eigenvalue weighted by molar-refractivity contribution is 5.75. The van der Waals surface area contributed by atoms with E-state index in [9.17, 15) is 4.79 Å². The van der Waals surface area contributed by atoms with Crippen molar-refractivity contribution < 1.29 is 9.53 Å². The molecule has 174 valence electrons. The number of urea groups is 1. The zero-order valence-electron chi connectivity index (χ0n) is 19.3. The average molecular weight is 451 g/mol. The van der Waals surface area contributed by atoms with Crippen molar-refractivity contribution in [2.45, 2.75) is 44.8 Å². The molecule has 3 N–H and O–H groups in total. The number of carbonyl (C=O) groups is 1. The van der Waals surface area contributed by atoms with E-state index in [1.165, 1.54) is 5.69 Å². The zero-order valence-corrected chi connectivity index (χ0v) is 19.3. The van der Waals surface area contributed by atoms with Gasteiger partial charge in [0.15, 0.2) is 11.6 Å². The first-order valence-electron chi connectivity index (χ1n) is 11.4. The smallest absolute Gasteiger partial charge is 0.317 e. The first-order valence-corrected chi connectivity index (χ1v) is 11.4. The number of fused-ring (bicyclic) bond motifs is 2. The molecule has 10 nitrogen and oxygen atoms in total. The number of nitrogens with zero attached hydrogens (tertiary/aromatic N) is 6. The van der Waals surface area contributed by atoms with Crippen LogP contribution in [-0.4, -0.2) is 55.1 Å². The topological polar surface area (TPSA) is 116 Å². The van der Waals surface area contributed by atoms with Gasteiger partial charge in [-0.2, -0.15) is 10.2 Å². The van der Waals surface area contributed by atoms with E-state index < -0.39 is 0 Å². The Morgan fingerprint density at radius 1 is 1.30 bits per heavy atom. The molecule has 5 rings (SSSR count). The average Bonchev–Trinajstić information content (AvgIpc) is 3.56. The molecule has 1 saturated heterocycles. The van der Waals surface area contributed by atoms with Gasteiger partial charge in [-0.1, -0.05) is 0 Å². The van der Waals surface area contributed by atoms with Crippen molar-refractivity contribution in [2.75, 3.05) is 25.4 Å². The Hall–Kier alpha value is -3.56. The maximum Gasteiger partial charge on any atom is 0.317 e. The molecular formula is C23H30N8O2. The Bertz CT molecular complexity index is 1190. The summed E-state index contributed by atoms with van der Waals surface area (Å²) in [5.41, 5.74) is 9.76. The summed E-state index contributed by atoms with van der Waals surface area (Å²) in [5.74, 6) is 0.843. The number of nitrogen functional groups attached to an aromatic ring is 1. The van der Waals surface area contributed by atoms with Crippen molar-refractivity contribution in [3.63, 3.8) is 0 Å². The van der Waals surface area contributed by atoms with Gasteiger partial charge in [0.2, 0.25) is 0 Å². The Balaban J connectivity index is 1.38. The standard InChI is InChI=1S/C23H30N8O2/c1-4-25-22(32)30-9-6-23(14-30)7-10-31-20(23)12-18(28-31)16-11-19(21(24)26-13-16)33-15(2)17-5-8-29(3)27-17/h5,8,11-13,15H,4,6-7,9-10,14H2,1-3H3,(H2,24,26)(H,25,32)/t15?,23-/m1/s1. The molecule has 1 fully saturated rings. The quantitative estimate of drug-likeness (QED) is 0.617. The number of carbonyl (C=O) groups excluding carboxylic acids is 1. The minimum absolute atomic E-state index is 0.0131. The molecule has 0 bridgehead atoms. The van der Waals surface area contributed by atoms with Crippen LogP contribution in [0.2, 0.25) is 0 Å². The fraction of sp³-hybridized carbons (Fsp3) is 0.478. The van der Waals surface area contributed by atoms with Crippen molar-refractivity contribution in [1.29, 1.82) is 0 Å². The minimum Gasteiger partial charge on any atom is -0.480 e. The second-order valence-electron chi connectivity index (χ2n) is 8.96. The molecule has 0 aliphatic carbocycles. The molecule has 5 heterocycles.